The van der Waals surface area contributed by atoms with Crippen molar-refractivity contribution in [2.75, 3.05) is 6.61 Å². The molecule has 0 bridgehead atoms. The van der Waals surface area contributed by atoms with Gasteiger partial charge < -0.3 is 13.6 Å². The highest BCUT2D eigenvalue weighted by Gasteiger charge is 2.24. The van der Waals surface area contributed by atoms with E-state index in [1.54, 1.807) is 19.1 Å². The van der Waals surface area contributed by atoms with Gasteiger partial charge in [0.15, 0.2) is 5.58 Å². The number of carbonyl (C=O) groups is 1. The minimum Gasteiger partial charge on any atom is -0.466 e. The summed E-state index contributed by atoms with van der Waals surface area (Å²) in [4.78, 5) is 25.4. The molecule has 126 valence electrons. The highest BCUT2D eigenvalue weighted by Crippen LogP contribution is 2.38. The minimum atomic E-state index is -0.476. The van der Waals surface area contributed by atoms with Gasteiger partial charge in [-0.15, -0.1) is 11.3 Å². The van der Waals surface area contributed by atoms with Crippen LogP contribution in [0.25, 0.3) is 32.4 Å². The molecule has 4 rings (SSSR count). The standard InChI is InChI=1S/C19H14O5S/c1-2-22-15(20)10-13-16(14-8-5-9-25-14)17-18(23-13)11-6-3-4-7-12(11)24-19(17)21/h3-9H,2,10H2,1H3. The second-order valence-electron chi connectivity index (χ2n) is 5.45. The maximum atomic E-state index is 12.6. The fraction of sp³-hybridized carbons (Fsp3) is 0.158. The van der Waals surface area contributed by atoms with E-state index in [2.05, 4.69) is 0 Å². The van der Waals surface area contributed by atoms with E-state index in [4.69, 9.17) is 13.6 Å². The van der Waals surface area contributed by atoms with E-state index in [9.17, 15) is 9.59 Å². The fourth-order valence-corrected chi connectivity index (χ4v) is 3.70. The fourth-order valence-electron chi connectivity index (χ4n) is 2.91. The molecule has 0 unspecified atom stereocenters. The third kappa shape index (κ3) is 2.64. The second kappa shape index (κ2) is 6.22. The third-order valence-corrected chi connectivity index (χ3v) is 4.78. The molecule has 25 heavy (non-hydrogen) atoms. The lowest BCUT2D eigenvalue weighted by molar-refractivity contribution is -0.142. The van der Waals surface area contributed by atoms with Crippen molar-refractivity contribution in [3.63, 3.8) is 0 Å². The van der Waals surface area contributed by atoms with Gasteiger partial charge in [-0.2, -0.15) is 0 Å². The number of furan rings is 1. The van der Waals surface area contributed by atoms with Crippen molar-refractivity contribution in [3.05, 3.63) is 58.0 Å². The van der Waals surface area contributed by atoms with Crippen LogP contribution in [0.4, 0.5) is 0 Å². The highest BCUT2D eigenvalue weighted by molar-refractivity contribution is 7.13. The molecule has 0 amide bonds. The lowest BCUT2D eigenvalue weighted by Crippen LogP contribution is -2.07. The molecule has 0 fully saturated rings. The van der Waals surface area contributed by atoms with Gasteiger partial charge in [0.2, 0.25) is 0 Å². The van der Waals surface area contributed by atoms with Crippen LogP contribution < -0.4 is 5.63 Å². The third-order valence-electron chi connectivity index (χ3n) is 3.90. The Kier molecular flexibility index (Phi) is 3.89. The topological polar surface area (TPSA) is 69.7 Å². The molecule has 0 N–H and O–H groups in total. The molecule has 3 heterocycles. The number of para-hydroxylation sites is 1. The summed E-state index contributed by atoms with van der Waals surface area (Å²) in [5, 5.41) is 2.97. The molecule has 0 aliphatic heterocycles. The number of fused-ring (bicyclic) bond motifs is 3. The number of hydrogen-bond acceptors (Lipinski definition) is 6. The van der Waals surface area contributed by atoms with E-state index < -0.39 is 11.6 Å². The molecule has 0 saturated heterocycles. The summed E-state index contributed by atoms with van der Waals surface area (Å²) in [6.07, 6.45) is -0.0382. The van der Waals surface area contributed by atoms with E-state index in [0.29, 0.717) is 39.9 Å². The van der Waals surface area contributed by atoms with Crippen LogP contribution in [-0.4, -0.2) is 12.6 Å². The van der Waals surface area contributed by atoms with Crippen molar-refractivity contribution < 1.29 is 18.4 Å². The van der Waals surface area contributed by atoms with E-state index >= 15 is 0 Å². The van der Waals surface area contributed by atoms with E-state index in [-0.39, 0.29) is 6.42 Å². The molecule has 0 aliphatic carbocycles. The number of esters is 1. The van der Waals surface area contributed by atoms with Gasteiger partial charge in [0.1, 0.15) is 23.2 Å². The average Bonchev–Trinajstić information content (AvgIpc) is 3.22. The van der Waals surface area contributed by atoms with Crippen LogP contribution in [0.3, 0.4) is 0 Å². The number of carbonyl (C=O) groups excluding carboxylic acids is 1. The van der Waals surface area contributed by atoms with Crippen molar-refractivity contribution in [3.8, 4) is 10.4 Å². The molecule has 0 atom stereocenters. The summed E-state index contributed by atoms with van der Waals surface area (Å²) < 4.78 is 16.5. The molecule has 5 nitrogen and oxygen atoms in total. The highest BCUT2D eigenvalue weighted by atomic mass is 32.1. The van der Waals surface area contributed by atoms with Crippen molar-refractivity contribution in [1.29, 1.82) is 0 Å². The van der Waals surface area contributed by atoms with Gasteiger partial charge in [0, 0.05) is 10.4 Å². The van der Waals surface area contributed by atoms with Crippen molar-refractivity contribution in [2.24, 2.45) is 0 Å². The second-order valence-corrected chi connectivity index (χ2v) is 6.40. The molecular weight excluding hydrogens is 340 g/mol. The Hall–Kier alpha value is -2.86. The van der Waals surface area contributed by atoms with Crippen LogP contribution in [0.15, 0.2) is 55.4 Å². The maximum Gasteiger partial charge on any atom is 0.348 e. The zero-order chi connectivity index (χ0) is 17.4. The zero-order valence-electron chi connectivity index (χ0n) is 13.4. The maximum absolute atomic E-state index is 12.6. The first-order valence-electron chi connectivity index (χ1n) is 7.85. The molecule has 0 saturated carbocycles. The molecule has 6 heteroatoms. The molecule has 0 radical (unpaired) electrons. The van der Waals surface area contributed by atoms with Gasteiger partial charge in [-0.05, 0) is 30.5 Å². The molecule has 3 aromatic heterocycles. The quantitative estimate of drug-likeness (QED) is 0.402. The van der Waals surface area contributed by atoms with E-state index in [1.807, 2.05) is 29.6 Å². The van der Waals surface area contributed by atoms with Gasteiger partial charge >= 0.3 is 11.6 Å². The normalized spacial score (nSPS) is 11.2. The Labute approximate surface area is 146 Å². The lowest BCUT2D eigenvalue weighted by atomic mass is 10.1. The number of hydrogen-bond donors (Lipinski definition) is 0. The van der Waals surface area contributed by atoms with Gasteiger partial charge in [-0.1, -0.05) is 18.2 Å². The van der Waals surface area contributed by atoms with Crippen molar-refractivity contribution >= 4 is 39.2 Å². The predicted molar refractivity (Wildman–Crippen MR) is 95.9 cm³/mol. The van der Waals surface area contributed by atoms with Gasteiger partial charge in [0.05, 0.1) is 12.0 Å². The Morgan fingerprint density at radius 3 is 2.76 bits per heavy atom. The lowest BCUT2D eigenvalue weighted by Gasteiger charge is -2.01. The first kappa shape index (κ1) is 15.7. The minimum absolute atomic E-state index is 0.0382. The Balaban J connectivity index is 2.05. The molecule has 4 aromatic rings. The van der Waals surface area contributed by atoms with E-state index in [0.717, 1.165) is 4.88 Å². The summed E-state index contributed by atoms with van der Waals surface area (Å²) in [6, 6.07) is 11.0. The summed E-state index contributed by atoms with van der Waals surface area (Å²) in [5.74, 6) is 0.0209. The zero-order valence-corrected chi connectivity index (χ0v) is 14.2. The van der Waals surface area contributed by atoms with Crippen LogP contribution >= 0.6 is 11.3 Å². The van der Waals surface area contributed by atoms with Gasteiger partial charge in [0.25, 0.3) is 0 Å². The molecule has 1 aromatic carbocycles. The van der Waals surface area contributed by atoms with Crippen molar-refractivity contribution in [1.82, 2.24) is 0 Å². The Morgan fingerprint density at radius 1 is 1.16 bits per heavy atom. The SMILES string of the molecule is CCOC(=O)Cc1oc2c(c1-c1cccs1)c(=O)oc1ccccc12. The van der Waals surface area contributed by atoms with Crippen LogP contribution in [-0.2, 0) is 16.0 Å². The van der Waals surface area contributed by atoms with Crippen LogP contribution in [0, 0.1) is 0 Å². The first-order valence-corrected chi connectivity index (χ1v) is 8.73. The number of ether oxygens (including phenoxy) is 1. The van der Waals surface area contributed by atoms with Crippen LogP contribution in [0.1, 0.15) is 12.7 Å². The summed E-state index contributed by atoms with van der Waals surface area (Å²) in [5.41, 5.74) is 1.03. The Bertz CT molecular complexity index is 1120. The number of thiophene rings is 1. The monoisotopic (exact) mass is 354 g/mol. The molecule has 0 spiro atoms. The number of rotatable bonds is 4. The molecular formula is C19H14O5S. The average molecular weight is 354 g/mol. The van der Waals surface area contributed by atoms with Crippen molar-refractivity contribution in [2.45, 2.75) is 13.3 Å². The summed E-state index contributed by atoms with van der Waals surface area (Å²) >= 11 is 1.47. The van der Waals surface area contributed by atoms with Crippen LogP contribution in [0.5, 0.6) is 0 Å². The Morgan fingerprint density at radius 2 is 2.00 bits per heavy atom. The van der Waals surface area contributed by atoms with Gasteiger partial charge in [-0.25, -0.2) is 4.79 Å². The van der Waals surface area contributed by atoms with Crippen LogP contribution in [0.2, 0.25) is 0 Å². The van der Waals surface area contributed by atoms with Gasteiger partial charge in [-0.3, -0.25) is 4.79 Å². The summed E-state index contributed by atoms with van der Waals surface area (Å²) in [6.45, 7) is 2.04. The predicted octanol–water partition coefficient (Wildman–Crippen LogP) is 4.37. The smallest absolute Gasteiger partial charge is 0.348 e. The number of benzene rings is 1. The molecule has 0 aliphatic rings. The largest absolute Gasteiger partial charge is 0.466 e. The first-order chi connectivity index (χ1) is 12.2. The van der Waals surface area contributed by atoms with E-state index in [1.165, 1.54) is 11.3 Å². The summed E-state index contributed by atoms with van der Waals surface area (Å²) in [7, 11) is 0.